The first-order valence-corrected chi connectivity index (χ1v) is 5.83. The fraction of sp³-hybridized carbons (Fsp3) is 1.00. The van der Waals surface area contributed by atoms with Gasteiger partial charge in [-0.15, -0.1) is 0 Å². The largest absolute Gasteiger partial charge is 0.315 e. The molecule has 0 aromatic rings. The van der Waals surface area contributed by atoms with Crippen molar-refractivity contribution in [2.24, 2.45) is 0 Å². The molecule has 1 rings (SSSR count). The van der Waals surface area contributed by atoms with Gasteiger partial charge < -0.3 is 15.1 Å². The zero-order chi connectivity index (χ0) is 10.4. The Labute approximate surface area is 88.5 Å². The van der Waals surface area contributed by atoms with Gasteiger partial charge in [0.05, 0.1) is 0 Å². The molecular weight excluding hydrogens is 174 g/mol. The van der Waals surface area contributed by atoms with E-state index in [1.54, 1.807) is 0 Å². The zero-order valence-electron chi connectivity index (χ0n) is 9.92. The van der Waals surface area contributed by atoms with E-state index >= 15 is 0 Å². The van der Waals surface area contributed by atoms with E-state index in [2.05, 4.69) is 36.1 Å². The van der Waals surface area contributed by atoms with Gasteiger partial charge in [-0.3, -0.25) is 0 Å². The van der Waals surface area contributed by atoms with Crippen molar-refractivity contribution in [1.82, 2.24) is 15.1 Å². The average molecular weight is 199 g/mol. The van der Waals surface area contributed by atoms with Crippen LogP contribution >= 0.6 is 0 Å². The minimum absolute atomic E-state index is 0.779. The van der Waals surface area contributed by atoms with Gasteiger partial charge in [0.2, 0.25) is 0 Å². The fourth-order valence-corrected chi connectivity index (χ4v) is 1.98. The Morgan fingerprint density at radius 3 is 2.71 bits per heavy atom. The van der Waals surface area contributed by atoms with Crippen molar-refractivity contribution in [1.29, 1.82) is 0 Å². The standard InChI is InChI=1S/C11H25N3/c1-4-6-12-7-9-14-8-5-11(10-14)13(2)3/h11-12H,4-10H2,1-3H3. The van der Waals surface area contributed by atoms with E-state index in [1.807, 2.05) is 0 Å². The van der Waals surface area contributed by atoms with Crippen molar-refractivity contribution in [3.8, 4) is 0 Å². The van der Waals surface area contributed by atoms with Crippen LogP contribution in [-0.4, -0.2) is 62.7 Å². The molecule has 3 heteroatoms. The number of likely N-dealkylation sites (N-methyl/N-ethyl adjacent to an activating group) is 1. The van der Waals surface area contributed by atoms with E-state index in [1.165, 1.54) is 32.5 Å². The van der Waals surface area contributed by atoms with E-state index in [0.717, 1.165) is 19.1 Å². The van der Waals surface area contributed by atoms with Gasteiger partial charge in [-0.25, -0.2) is 0 Å². The molecule has 0 aromatic carbocycles. The highest BCUT2D eigenvalue weighted by atomic mass is 15.2. The first-order valence-electron chi connectivity index (χ1n) is 5.83. The molecule has 0 spiro atoms. The number of likely N-dealkylation sites (tertiary alicyclic amines) is 1. The van der Waals surface area contributed by atoms with Gasteiger partial charge in [-0.2, -0.15) is 0 Å². The number of rotatable bonds is 6. The van der Waals surface area contributed by atoms with Crippen LogP contribution in [0.25, 0.3) is 0 Å². The topological polar surface area (TPSA) is 18.5 Å². The SMILES string of the molecule is CCCNCCN1CCC(N(C)C)C1. The van der Waals surface area contributed by atoms with Crippen LogP contribution < -0.4 is 5.32 Å². The summed E-state index contributed by atoms with van der Waals surface area (Å²) in [5, 5.41) is 3.45. The van der Waals surface area contributed by atoms with E-state index in [-0.39, 0.29) is 0 Å². The maximum absolute atomic E-state index is 3.45. The summed E-state index contributed by atoms with van der Waals surface area (Å²) in [5.74, 6) is 0. The molecule has 0 amide bonds. The molecule has 1 saturated heterocycles. The summed E-state index contributed by atoms with van der Waals surface area (Å²) >= 11 is 0. The summed E-state index contributed by atoms with van der Waals surface area (Å²) in [5.41, 5.74) is 0. The molecule has 1 heterocycles. The molecule has 0 aliphatic carbocycles. The molecule has 14 heavy (non-hydrogen) atoms. The summed E-state index contributed by atoms with van der Waals surface area (Å²) in [4.78, 5) is 4.91. The number of nitrogens with zero attached hydrogens (tertiary/aromatic N) is 2. The third kappa shape index (κ3) is 3.95. The van der Waals surface area contributed by atoms with Crippen LogP contribution in [0.3, 0.4) is 0 Å². The van der Waals surface area contributed by atoms with E-state index in [4.69, 9.17) is 0 Å². The summed E-state index contributed by atoms with van der Waals surface area (Å²) in [6.45, 7) is 8.26. The second-order valence-electron chi connectivity index (χ2n) is 4.46. The minimum Gasteiger partial charge on any atom is -0.315 e. The van der Waals surface area contributed by atoms with Gasteiger partial charge in [0.25, 0.3) is 0 Å². The number of nitrogens with one attached hydrogen (secondary N) is 1. The first-order chi connectivity index (χ1) is 6.74. The smallest absolute Gasteiger partial charge is 0.0229 e. The van der Waals surface area contributed by atoms with Crippen LogP contribution in [0.5, 0.6) is 0 Å². The lowest BCUT2D eigenvalue weighted by Gasteiger charge is -2.20. The van der Waals surface area contributed by atoms with Crippen LogP contribution in [-0.2, 0) is 0 Å². The van der Waals surface area contributed by atoms with Gasteiger partial charge >= 0.3 is 0 Å². The Balaban J connectivity index is 2.04. The van der Waals surface area contributed by atoms with Gasteiger partial charge in [0, 0.05) is 25.7 Å². The van der Waals surface area contributed by atoms with Crippen molar-refractivity contribution in [2.75, 3.05) is 46.8 Å². The maximum Gasteiger partial charge on any atom is 0.0229 e. The molecule has 3 nitrogen and oxygen atoms in total. The van der Waals surface area contributed by atoms with Gasteiger partial charge in [0.1, 0.15) is 0 Å². The van der Waals surface area contributed by atoms with E-state index in [0.29, 0.717) is 0 Å². The Morgan fingerprint density at radius 1 is 1.36 bits per heavy atom. The maximum atomic E-state index is 3.45. The Kier molecular flexibility index (Phi) is 5.45. The molecular formula is C11H25N3. The van der Waals surface area contributed by atoms with Gasteiger partial charge in [0.15, 0.2) is 0 Å². The van der Waals surface area contributed by atoms with Crippen LogP contribution in [0.2, 0.25) is 0 Å². The Bertz CT molecular complexity index is 147. The third-order valence-electron chi connectivity index (χ3n) is 3.01. The molecule has 84 valence electrons. The van der Waals surface area contributed by atoms with Crippen LogP contribution in [0.4, 0.5) is 0 Å². The van der Waals surface area contributed by atoms with Crippen LogP contribution in [0, 0.1) is 0 Å². The number of hydrogen-bond donors (Lipinski definition) is 1. The van der Waals surface area contributed by atoms with Crippen molar-refractivity contribution < 1.29 is 0 Å². The highest BCUT2D eigenvalue weighted by molar-refractivity contribution is 4.80. The molecule has 1 unspecified atom stereocenters. The molecule has 1 N–H and O–H groups in total. The molecule has 0 bridgehead atoms. The summed E-state index contributed by atoms with van der Waals surface area (Å²) in [7, 11) is 4.37. The summed E-state index contributed by atoms with van der Waals surface area (Å²) in [6, 6.07) is 0.779. The molecule has 1 atom stereocenters. The summed E-state index contributed by atoms with van der Waals surface area (Å²) in [6.07, 6.45) is 2.57. The van der Waals surface area contributed by atoms with Crippen LogP contribution in [0.15, 0.2) is 0 Å². The average Bonchev–Trinajstić information content (AvgIpc) is 2.61. The highest BCUT2D eigenvalue weighted by Crippen LogP contribution is 2.11. The normalized spacial score (nSPS) is 23.6. The van der Waals surface area contributed by atoms with Gasteiger partial charge in [-0.05, 0) is 40.0 Å². The first kappa shape index (κ1) is 12.0. The fourth-order valence-electron chi connectivity index (χ4n) is 1.98. The predicted molar refractivity (Wildman–Crippen MR) is 61.7 cm³/mol. The van der Waals surface area contributed by atoms with Crippen molar-refractivity contribution >= 4 is 0 Å². The zero-order valence-corrected chi connectivity index (χ0v) is 9.92. The van der Waals surface area contributed by atoms with E-state index in [9.17, 15) is 0 Å². The molecule has 0 aromatic heterocycles. The molecule has 0 saturated carbocycles. The number of hydrogen-bond acceptors (Lipinski definition) is 3. The van der Waals surface area contributed by atoms with Crippen molar-refractivity contribution in [3.63, 3.8) is 0 Å². The quantitative estimate of drug-likeness (QED) is 0.633. The Morgan fingerprint density at radius 2 is 2.14 bits per heavy atom. The molecule has 0 radical (unpaired) electrons. The second kappa shape index (κ2) is 6.38. The minimum atomic E-state index is 0.779. The van der Waals surface area contributed by atoms with E-state index < -0.39 is 0 Å². The lowest BCUT2D eigenvalue weighted by molar-refractivity contribution is 0.268. The third-order valence-corrected chi connectivity index (χ3v) is 3.01. The lowest BCUT2D eigenvalue weighted by Crippen LogP contribution is -2.34. The highest BCUT2D eigenvalue weighted by Gasteiger charge is 2.22. The lowest BCUT2D eigenvalue weighted by atomic mass is 10.2. The van der Waals surface area contributed by atoms with Gasteiger partial charge in [-0.1, -0.05) is 6.92 Å². The monoisotopic (exact) mass is 199 g/mol. The van der Waals surface area contributed by atoms with Crippen molar-refractivity contribution in [3.05, 3.63) is 0 Å². The molecule has 1 aliphatic heterocycles. The van der Waals surface area contributed by atoms with Crippen LogP contribution in [0.1, 0.15) is 19.8 Å². The molecule has 1 fully saturated rings. The van der Waals surface area contributed by atoms with Crippen molar-refractivity contribution in [2.45, 2.75) is 25.8 Å². The Hall–Kier alpha value is -0.120. The summed E-state index contributed by atoms with van der Waals surface area (Å²) < 4.78 is 0. The molecule has 1 aliphatic rings. The predicted octanol–water partition coefficient (Wildman–Crippen LogP) is 0.622. The second-order valence-corrected chi connectivity index (χ2v) is 4.46.